The first-order valence-corrected chi connectivity index (χ1v) is 6.46. The first kappa shape index (κ1) is 11.3. The first-order chi connectivity index (χ1) is 8.79. The molecule has 3 rings (SSSR count). The number of H-pyrrole nitrogens is 1. The lowest BCUT2D eigenvalue weighted by Crippen LogP contribution is -2.12. The third-order valence-corrected chi connectivity index (χ3v) is 3.86. The molecule has 94 valence electrons. The Labute approximate surface area is 107 Å². The molecule has 0 bridgehead atoms. The molecule has 1 N–H and O–H groups in total. The third kappa shape index (κ3) is 1.80. The maximum Gasteiger partial charge on any atom is 0.119 e. The van der Waals surface area contributed by atoms with E-state index in [-0.39, 0.29) is 0 Å². The van der Waals surface area contributed by atoms with Gasteiger partial charge in [0, 0.05) is 11.6 Å². The average Bonchev–Trinajstić information content (AvgIpc) is 2.83. The van der Waals surface area contributed by atoms with Crippen LogP contribution < -0.4 is 4.74 Å². The van der Waals surface area contributed by atoms with Crippen molar-refractivity contribution in [2.75, 3.05) is 7.11 Å². The predicted molar refractivity (Wildman–Crippen MR) is 71.1 cm³/mol. The Balaban J connectivity index is 2.05. The normalized spacial score (nSPS) is 18.4. The first-order valence-electron chi connectivity index (χ1n) is 6.46. The minimum absolute atomic E-state index is 0.436. The summed E-state index contributed by atoms with van der Waals surface area (Å²) in [5.41, 5.74) is 5.20. The molecule has 0 aliphatic heterocycles. The Hall–Kier alpha value is -1.77. The van der Waals surface area contributed by atoms with E-state index in [1.807, 2.05) is 0 Å². The molecule has 1 atom stereocenters. The number of benzene rings is 1. The molecule has 2 aromatic rings. The van der Waals surface area contributed by atoms with E-state index in [9.17, 15) is 0 Å². The fraction of sp³-hybridized carbons (Fsp3) is 0.400. The summed E-state index contributed by atoms with van der Waals surface area (Å²) in [7, 11) is 1.72. The van der Waals surface area contributed by atoms with E-state index in [1.54, 1.807) is 13.4 Å². The number of aryl methyl sites for hydroxylation is 2. The molecule has 0 spiro atoms. The van der Waals surface area contributed by atoms with Crippen molar-refractivity contribution >= 4 is 0 Å². The van der Waals surface area contributed by atoms with Gasteiger partial charge in [0.2, 0.25) is 0 Å². The smallest absolute Gasteiger partial charge is 0.119 e. The molecule has 18 heavy (non-hydrogen) atoms. The number of imidazole rings is 1. The SMILES string of the molecule is COc1ccc2c(c1)CCCC2c1nc[nH]c1C. The van der Waals surface area contributed by atoms with Crippen molar-refractivity contribution in [3.05, 3.63) is 47.0 Å². The summed E-state index contributed by atoms with van der Waals surface area (Å²) in [6.45, 7) is 2.10. The van der Waals surface area contributed by atoms with Crippen molar-refractivity contribution in [2.45, 2.75) is 32.1 Å². The van der Waals surface area contributed by atoms with Crippen molar-refractivity contribution < 1.29 is 4.74 Å². The zero-order valence-electron chi connectivity index (χ0n) is 10.9. The van der Waals surface area contributed by atoms with Gasteiger partial charge in [-0.3, -0.25) is 0 Å². The number of nitrogens with one attached hydrogen (secondary N) is 1. The van der Waals surface area contributed by atoms with Crippen LogP contribution in [0.4, 0.5) is 0 Å². The summed E-state index contributed by atoms with van der Waals surface area (Å²) in [5.74, 6) is 1.39. The monoisotopic (exact) mass is 242 g/mol. The number of aromatic amines is 1. The van der Waals surface area contributed by atoms with Crippen LogP contribution in [0.2, 0.25) is 0 Å². The van der Waals surface area contributed by atoms with Crippen molar-refractivity contribution in [1.29, 1.82) is 0 Å². The Morgan fingerprint density at radius 2 is 2.28 bits per heavy atom. The van der Waals surface area contributed by atoms with E-state index in [0.717, 1.165) is 12.2 Å². The zero-order valence-corrected chi connectivity index (χ0v) is 10.9. The number of rotatable bonds is 2. The number of fused-ring (bicyclic) bond motifs is 1. The largest absolute Gasteiger partial charge is 0.497 e. The van der Waals surface area contributed by atoms with Crippen molar-refractivity contribution in [3.8, 4) is 5.75 Å². The van der Waals surface area contributed by atoms with E-state index >= 15 is 0 Å². The van der Waals surface area contributed by atoms with Gasteiger partial charge >= 0.3 is 0 Å². The van der Waals surface area contributed by atoms with Gasteiger partial charge in [-0.2, -0.15) is 0 Å². The third-order valence-electron chi connectivity index (χ3n) is 3.86. The molecule has 1 aliphatic rings. The molecule has 1 heterocycles. The number of hydrogen-bond acceptors (Lipinski definition) is 2. The van der Waals surface area contributed by atoms with Crippen molar-refractivity contribution in [1.82, 2.24) is 9.97 Å². The molecule has 1 unspecified atom stereocenters. The van der Waals surface area contributed by atoms with Gasteiger partial charge in [-0.05, 0) is 49.4 Å². The zero-order chi connectivity index (χ0) is 12.5. The molecule has 0 radical (unpaired) electrons. The van der Waals surface area contributed by atoms with Gasteiger partial charge in [-0.25, -0.2) is 4.98 Å². The number of aromatic nitrogens is 2. The second-order valence-corrected chi connectivity index (χ2v) is 4.92. The highest BCUT2D eigenvalue weighted by Crippen LogP contribution is 2.38. The Bertz CT molecular complexity index is 559. The lowest BCUT2D eigenvalue weighted by molar-refractivity contribution is 0.413. The molecular formula is C15H18N2O. The Kier molecular flexibility index (Phi) is 2.82. The van der Waals surface area contributed by atoms with E-state index in [2.05, 4.69) is 35.1 Å². The molecule has 3 heteroatoms. The van der Waals surface area contributed by atoms with Crippen LogP contribution in [0.3, 0.4) is 0 Å². The highest BCUT2D eigenvalue weighted by molar-refractivity contribution is 5.43. The maximum absolute atomic E-state index is 5.31. The Morgan fingerprint density at radius 3 is 3.00 bits per heavy atom. The minimum Gasteiger partial charge on any atom is -0.497 e. The fourth-order valence-electron chi connectivity index (χ4n) is 2.92. The van der Waals surface area contributed by atoms with E-state index in [0.29, 0.717) is 5.92 Å². The average molecular weight is 242 g/mol. The molecule has 1 aromatic carbocycles. The molecule has 0 saturated heterocycles. The summed E-state index contributed by atoms with van der Waals surface area (Å²) in [6, 6.07) is 6.43. The molecule has 0 amide bonds. The summed E-state index contributed by atoms with van der Waals surface area (Å²) in [4.78, 5) is 7.68. The van der Waals surface area contributed by atoms with Crippen LogP contribution in [0.15, 0.2) is 24.5 Å². The molecule has 1 aliphatic carbocycles. The number of nitrogens with zero attached hydrogens (tertiary/aromatic N) is 1. The maximum atomic E-state index is 5.31. The number of hydrogen-bond donors (Lipinski definition) is 1. The fourth-order valence-corrected chi connectivity index (χ4v) is 2.92. The van der Waals surface area contributed by atoms with Crippen LogP contribution >= 0.6 is 0 Å². The van der Waals surface area contributed by atoms with Crippen LogP contribution in [0.25, 0.3) is 0 Å². The lowest BCUT2D eigenvalue weighted by atomic mass is 9.80. The van der Waals surface area contributed by atoms with Gasteiger partial charge in [0.15, 0.2) is 0 Å². The van der Waals surface area contributed by atoms with E-state index < -0.39 is 0 Å². The lowest BCUT2D eigenvalue weighted by Gasteiger charge is -2.25. The van der Waals surface area contributed by atoms with Crippen LogP contribution in [0.1, 0.15) is 41.3 Å². The highest BCUT2D eigenvalue weighted by Gasteiger charge is 2.24. The minimum atomic E-state index is 0.436. The van der Waals surface area contributed by atoms with Crippen molar-refractivity contribution in [3.63, 3.8) is 0 Å². The van der Waals surface area contributed by atoms with Crippen LogP contribution in [0, 0.1) is 6.92 Å². The van der Waals surface area contributed by atoms with E-state index in [4.69, 9.17) is 4.74 Å². The van der Waals surface area contributed by atoms with Gasteiger partial charge in [-0.1, -0.05) is 6.07 Å². The van der Waals surface area contributed by atoms with Crippen molar-refractivity contribution in [2.24, 2.45) is 0 Å². The number of methoxy groups -OCH3 is 1. The second kappa shape index (κ2) is 4.48. The molecule has 0 fully saturated rings. The van der Waals surface area contributed by atoms with Gasteiger partial charge < -0.3 is 9.72 Å². The quantitative estimate of drug-likeness (QED) is 0.878. The predicted octanol–water partition coefficient (Wildman–Crippen LogP) is 3.19. The topological polar surface area (TPSA) is 37.9 Å². The van der Waals surface area contributed by atoms with E-state index in [1.165, 1.54) is 35.4 Å². The molecule has 0 saturated carbocycles. The van der Waals surface area contributed by atoms with Crippen LogP contribution in [0.5, 0.6) is 5.75 Å². The standard InChI is InChI=1S/C15H18N2O/c1-10-15(17-9-16-10)14-5-3-4-11-8-12(18-2)6-7-13(11)14/h6-9,14H,3-5H2,1-2H3,(H,16,17). The summed E-state index contributed by atoms with van der Waals surface area (Å²) >= 11 is 0. The summed E-state index contributed by atoms with van der Waals surface area (Å²) in [5, 5.41) is 0. The van der Waals surface area contributed by atoms with Crippen LogP contribution in [-0.2, 0) is 6.42 Å². The van der Waals surface area contributed by atoms with Crippen LogP contribution in [-0.4, -0.2) is 17.1 Å². The summed E-state index contributed by atoms with van der Waals surface area (Å²) < 4.78 is 5.31. The molecular weight excluding hydrogens is 224 g/mol. The molecule has 3 nitrogen and oxygen atoms in total. The second-order valence-electron chi connectivity index (χ2n) is 4.92. The van der Waals surface area contributed by atoms with Gasteiger partial charge in [0.25, 0.3) is 0 Å². The Morgan fingerprint density at radius 1 is 1.39 bits per heavy atom. The summed E-state index contributed by atoms with van der Waals surface area (Å²) in [6.07, 6.45) is 5.34. The van der Waals surface area contributed by atoms with Gasteiger partial charge in [0.05, 0.1) is 19.1 Å². The van der Waals surface area contributed by atoms with Gasteiger partial charge in [0.1, 0.15) is 5.75 Å². The van der Waals surface area contributed by atoms with Gasteiger partial charge in [-0.15, -0.1) is 0 Å². The number of ether oxygens (including phenoxy) is 1. The molecule has 1 aromatic heterocycles. The highest BCUT2D eigenvalue weighted by atomic mass is 16.5.